The number of aromatic nitrogens is 1. The van der Waals surface area contributed by atoms with Gasteiger partial charge in [-0.2, -0.15) is 0 Å². The number of nitrogens with zero attached hydrogens (tertiary/aromatic N) is 1. The largest absolute Gasteiger partial charge is 0.325 e. The lowest BCUT2D eigenvalue weighted by Gasteiger charge is -2.09. The number of hydrogen-bond donors (Lipinski definition) is 2. The van der Waals surface area contributed by atoms with Gasteiger partial charge in [0.1, 0.15) is 5.82 Å². The first-order chi connectivity index (χ1) is 13.4. The summed E-state index contributed by atoms with van der Waals surface area (Å²) in [6.45, 7) is 0. The number of sulfonamides is 1. The number of anilines is 2. The fourth-order valence-electron chi connectivity index (χ4n) is 2.21. The van der Waals surface area contributed by atoms with Gasteiger partial charge in [0.05, 0.1) is 10.6 Å². The summed E-state index contributed by atoms with van der Waals surface area (Å²) in [6.07, 6.45) is 1.50. The predicted octanol–water partition coefficient (Wildman–Crippen LogP) is 4.27. The maximum Gasteiger partial charge on any atom is 0.263 e. The molecular formula is C19H16ClN3O3S2. The summed E-state index contributed by atoms with van der Waals surface area (Å²) in [6, 6.07) is 18.1. The number of amides is 1. The van der Waals surface area contributed by atoms with Gasteiger partial charge >= 0.3 is 0 Å². The van der Waals surface area contributed by atoms with Crippen molar-refractivity contribution in [2.45, 2.75) is 9.79 Å². The van der Waals surface area contributed by atoms with Crippen molar-refractivity contribution in [1.29, 1.82) is 0 Å². The third-order valence-electron chi connectivity index (χ3n) is 3.54. The van der Waals surface area contributed by atoms with Crippen molar-refractivity contribution in [2.24, 2.45) is 0 Å². The van der Waals surface area contributed by atoms with Crippen molar-refractivity contribution in [3.63, 3.8) is 0 Å². The van der Waals surface area contributed by atoms with Crippen molar-refractivity contribution < 1.29 is 13.2 Å². The van der Waals surface area contributed by atoms with E-state index in [2.05, 4.69) is 15.0 Å². The Kier molecular flexibility index (Phi) is 6.56. The predicted molar refractivity (Wildman–Crippen MR) is 112 cm³/mol. The fraction of sp³-hybridized carbons (Fsp3) is 0.0526. The van der Waals surface area contributed by atoms with Crippen molar-refractivity contribution in [2.75, 3.05) is 15.8 Å². The third-order valence-corrected chi connectivity index (χ3v) is 6.17. The zero-order chi connectivity index (χ0) is 20.0. The summed E-state index contributed by atoms with van der Waals surface area (Å²) >= 11 is 7.21. The number of pyridine rings is 1. The topological polar surface area (TPSA) is 88.2 Å². The van der Waals surface area contributed by atoms with Crippen molar-refractivity contribution >= 4 is 50.8 Å². The van der Waals surface area contributed by atoms with Gasteiger partial charge in [-0.05, 0) is 60.7 Å². The Hall–Kier alpha value is -2.55. The summed E-state index contributed by atoms with van der Waals surface area (Å²) in [4.78, 5) is 17.0. The first kappa shape index (κ1) is 20.2. The molecule has 0 saturated heterocycles. The van der Waals surface area contributed by atoms with Crippen LogP contribution in [-0.4, -0.2) is 25.1 Å². The number of nitrogens with one attached hydrogen (secondary N) is 2. The van der Waals surface area contributed by atoms with Gasteiger partial charge in [-0.25, -0.2) is 13.4 Å². The highest BCUT2D eigenvalue weighted by Gasteiger charge is 2.14. The van der Waals surface area contributed by atoms with Crippen molar-refractivity contribution in [3.8, 4) is 0 Å². The molecule has 0 bridgehead atoms. The number of halogens is 1. The number of benzene rings is 2. The smallest absolute Gasteiger partial charge is 0.263 e. The normalized spacial score (nSPS) is 11.0. The molecule has 0 fully saturated rings. The number of thioether (sulfide) groups is 1. The second-order valence-electron chi connectivity index (χ2n) is 5.64. The van der Waals surface area contributed by atoms with E-state index in [0.717, 1.165) is 4.90 Å². The molecule has 0 aliphatic carbocycles. The van der Waals surface area contributed by atoms with E-state index in [1.807, 2.05) is 12.1 Å². The van der Waals surface area contributed by atoms with E-state index in [1.54, 1.807) is 30.3 Å². The lowest BCUT2D eigenvalue weighted by Crippen LogP contribution is -2.15. The summed E-state index contributed by atoms with van der Waals surface area (Å²) in [7, 11) is -3.75. The molecule has 0 aliphatic heterocycles. The fourth-order valence-corrected chi connectivity index (χ4v) is 4.05. The molecule has 1 aromatic heterocycles. The molecule has 2 N–H and O–H groups in total. The molecule has 28 heavy (non-hydrogen) atoms. The van der Waals surface area contributed by atoms with Crippen LogP contribution in [0.2, 0.25) is 5.02 Å². The van der Waals surface area contributed by atoms with Crippen molar-refractivity contribution in [1.82, 2.24) is 4.98 Å². The second kappa shape index (κ2) is 9.09. The maximum absolute atomic E-state index is 12.4. The average molecular weight is 434 g/mol. The number of carbonyl (C=O) groups excluding carboxylic acids is 1. The van der Waals surface area contributed by atoms with Gasteiger partial charge in [-0.15, -0.1) is 11.8 Å². The van der Waals surface area contributed by atoms with E-state index in [4.69, 9.17) is 11.6 Å². The van der Waals surface area contributed by atoms with E-state index in [0.29, 0.717) is 10.7 Å². The van der Waals surface area contributed by atoms with Crippen LogP contribution in [0.15, 0.2) is 82.7 Å². The molecule has 1 amide bonds. The zero-order valence-corrected chi connectivity index (χ0v) is 16.9. The quantitative estimate of drug-likeness (QED) is 0.543. The number of hydrogen-bond acceptors (Lipinski definition) is 5. The van der Waals surface area contributed by atoms with Gasteiger partial charge in [0.25, 0.3) is 10.0 Å². The summed E-state index contributed by atoms with van der Waals surface area (Å²) < 4.78 is 27.1. The SMILES string of the molecule is O=C(CSc1ccc(Cl)cc1)Nc1ccc(S(=O)(=O)Nc2ccccn2)cc1. The zero-order valence-electron chi connectivity index (χ0n) is 14.5. The Balaban J connectivity index is 1.57. The minimum atomic E-state index is -3.75. The second-order valence-corrected chi connectivity index (χ2v) is 8.80. The van der Waals surface area contributed by atoms with E-state index in [1.165, 1.54) is 42.2 Å². The minimum absolute atomic E-state index is 0.0756. The molecular weight excluding hydrogens is 418 g/mol. The Labute approximate surface area is 172 Å². The molecule has 0 atom stereocenters. The molecule has 0 radical (unpaired) electrons. The van der Waals surface area contributed by atoms with Crippen LogP contribution in [0.3, 0.4) is 0 Å². The molecule has 0 saturated carbocycles. The van der Waals surface area contributed by atoms with Gasteiger partial charge in [-0.1, -0.05) is 17.7 Å². The van der Waals surface area contributed by atoms with Gasteiger partial charge in [0.2, 0.25) is 5.91 Å². The Morgan fingerprint density at radius 3 is 2.36 bits per heavy atom. The van der Waals surface area contributed by atoms with Crippen LogP contribution in [0.5, 0.6) is 0 Å². The molecule has 3 aromatic rings. The molecule has 6 nitrogen and oxygen atoms in total. The molecule has 9 heteroatoms. The highest BCUT2D eigenvalue weighted by molar-refractivity contribution is 8.00. The first-order valence-electron chi connectivity index (χ1n) is 8.14. The molecule has 144 valence electrons. The average Bonchev–Trinajstić information content (AvgIpc) is 2.68. The molecule has 3 rings (SSSR count). The van der Waals surface area contributed by atoms with Crippen molar-refractivity contribution in [3.05, 3.63) is 77.9 Å². The Bertz CT molecular complexity index is 1040. The number of rotatable bonds is 7. The van der Waals surface area contributed by atoms with E-state index >= 15 is 0 Å². The monoisotopic (exact) mass is 433 g/mol. The number of carbonyl (C=O) groups is 1. The minimum Gasteiger partial charge on any atom is -0.325 e. The van der Waals surface area contributed by atoms with Gasteiger partial charge in [0.15, 0.2) is 0 Å². The molecule has 0 spiro atoms. The van der Waals surface area contributed by atoms with E-state index in [-0.39, 0.29) is 22.4 Å². The van der Waals surface area contributed by atoms with Crippen LogP contribution in [-0.2, 0) is 14.8 Å². The van der Waals surface area contributed by atoms with Crippen LogP contribution in [0.25, 0.3) is 0 Å². The van der Waals surface area contributed by atoms with Gasteiger partial charge < -0.3 is 5.32 Å². The highest BCUT2D eigenvalue weighted by Crippen LogP contribution is 2.21. The molecule has 0 aliphatic rings. The molecule has 0 unspecified atom stereocenters. The lowest BCUT2D eigenvalue weighted by molar-refractivity contribution is -0.113. The third kappa shape index (κ3) is 5.72. The summed E-state index contributed by atoms with van der Waals surface area (Å²) in [5.74, 6) is 0.268. The maximum atomic E-state index is 12.4. The van der Waals surface area contributed by atoms with Gasteiger partial charge in [0, 0.05) is 21.8 Å². The van der Waals surface area contributed by atoms with E-state index in [9.17, 15) is 13.2 Å². The van der Waals surface area contributed by atoms with E-state index < -0.39 is 10.0 Å². The molecule has 1 heterocycles. The highest BCUT2D eigenvalue weighted by atomic mass is 35.5. The summed E-state index contributed by atoms with van der Waals surface area (Å²) in [5.41, 5.74) is 0.512. The van der Waals surface area contributed by atoms with Crippen LogP contribution in [0.4, 0.5) is 11.5 Å². The standard InChI is InChI=1S/C19H16ClN3O3S2/c20-14-4-8-16(9-5-14)27-13-19(24)22-15-6-10-17(11-7-15)28(25,26)23-18-3-1-2-12-21-18/h1-12H,13H2,(H,21,23)(H,22,24). The van der Waals surface area contributed by atoms with Gasteiger partial charge in [-0.3, -0.25) is 9.52 Å². The van der Waals surface area contributed by atoms with Crippen LogP contribution >= 0.6 is 23.4 Å². The van der Waals surface area contributed by atoms with Crippen LogP contribution in [0, 0.1) is 0 Å². The Morgan fingerprint density at radius 2 is 1.71 bits per heavy atom. The lowest BCUT2D eigenvalue weighted by atomic mass is 10.3. The molecule has 2 aromatic carbocycles. The Morgan fingerprint density at radius 1 is 1.00 bits per heavy atom. The summed E-state index contributed by atoms with van der Waals surface area (Å²) in [5, 5.41) is 3.38. The first-order valence-corrected chi connectivity index (χ1v) is 11.0. The van der Waals surface area contributed by atoms with Crippen LogP contribution in [0.1, 0.15) is 0 Å². The van der Waals surface area contributed by atoms with Crippen LogP contribution < -0.4 is 10.0 Å².